The van der Waals surface area contributed by atoms with Crippen molar-refractivity contribution in [3.8, 4) is 11.3 Å². The third-order valence-electron chi connectivity index (χ3n) is 3.67. The first kappa shape index (κ1) is 12.2. The molecule has 1 aromatic carbocycles. The fourth-order valence-electron chi connectivity index (χ4n) is 2.25. The van der Waals surface area contributed by atoms with Crippen LogP contribution in [0.15, 0.2) is 30.5 Å². The number of aromatic nitrogens is 2. The van der Waals surface area contributed by atoms with Crippen molar-refractivity contribution >= 4 is 22.6 Å². The summed E-state index contributed by atoms with van der Waals surface area (Å²) in [5.41, 5.74) is 8.24. The molecule has 94 valence electrons. The highest BCUT2D eigenvalue weighted by Gasteiger charge is 2.41. The Kier molecular flexibility index (Phi) is 2.94. The zero-order valence-corrected chi connectivity index (χ0v) is 12.4. The number of H-pyrrole nitrogens is 1. The molecule has 3 nitrogen and oxygen atoms in total. The zero-order chi connectivity index (χ0) is 12.8. The lowest BCUT2D eigenvalue weighted by Gasteiger charge is -2.21. The summed E-state index contributed by atoms with van der Waals surface area (Å²) in [7, 11) is 0. The van der Waals surface area contributed by atoms with E-state index >= 15 is 0 Å². The predicted molar refractivity (Wildman–Crippen MR) is 81.0 cm³/mol. The van der Waals surface area contributed by atoms with E-state index in [4.69, 9.17) is 5.73 Å². The normalized spacial score (nSPS) is 18.6. The first-order valence-electron chi connectivity index (χ1n) is 6.17. The largest absolute Gasteiger partial charge is 0.340 e. The number of nitrogens with one attached hydrogen (secondary N) is 1. The van der Waals surface area contributed by atoms with Crippen molar-refractivity contribution in [2.75, 3.05) is 0 Å². The van der Waals surface area contributed by atoms with Gasteiger partial charge < -0.3 is 10.7 Å². The second-order valence-electron chi connectivity index (χ2n) is 5.21. The SMILES string of the molecule is CC(N)(c1ncc(-c2ccc(I)cc2)[nH]1)C1CC1. The molecule has 1 aromatic heterocycles. The summed E-state index contributed by atoms with van der Waals surface area (Å²) in [5.74, 6) is 1.48. The van der Waals surface area contributed by atoms with E-state index in [0.717, 1.165) is 17.1 Å². The highest BCUT2D eigenvalue weighted by Crippen LogP contribution is 2.43. The van der Waals surface area contributed by atoms with Crippen molar-refractivity contribution in [1.82, 2.24) is 9.97 Å². The standard InChI is InChI=1S/C14H16IN3/c1-14(16,10-4-5-10)13-17-8-12(18-13)9-2-6-11(15)7-3-9/h2-3,6-8,10H,4-5,16H2,1H3,(H,17,18). The number of nitrogens with zero attached hydrogens (tertiary/aromatic N) is 1. The molecule has 1 aliphatic carbocycles. The van der Waals surface area contributed by atoms with Crippen molar-refractivity contribution in [3.63, 3.8) is 0 Å². The Bertz CT molecular complexity index is 553. The van der Waals surface area contributed by atoms with E-state index in [0.29, 0.717) is 5.92 Å². The maximum Gasteiger partial charge on any atom is 0.126 e. The van der Waals surface area contributed by atoms with Crippen LogP contribution in [-0.2, 0) is 5.54 Å². The number of benzene rings is 1. The molecule has 1 unspecified atom stereocenters. The summed E-state index contributed by atoms with van der Waals surface area (Å²) in [6.45, 7) is 2.07. The molecular weight excluding hydrogens is 337 g/mol. The van der Waals surface area contributed by atoms with Crippen LogP contribution in [0.1, 0.15) is 25.6 Å². The van der Waals surface area contributed by atoms with E-state index in [1.54, 1.807) is 0 Å². The summed E-state index contributed by atoms with van der Waals surface area (Å²) < 4.78 is 1.23. The Morgan fingerprint density at radius 1 is 1.33 bits per heavy atom. The van der Waals surface area contributed by atoms with Crippen LogP contribution in [0, 0.1) is 9.49 Å². The molecule has 2 aromatic rings. The molecule has 0 spiro atoms. The lowest BCUT2D eigenvalue weighted by Crippen LogP contribution is -2.36. The number of rotatable bonds is 3. The average Bonchev–Trinajstić information content (AvgIpc) is 3.09. The predicted octanol–water partition coefficient (Wildman–Crippen LogP) is 3.27. The van der Waals surface area contributed by atoms with E-state index in [1.807, 2.05) is 6.20 Å². The van der Waals surface area contributed by atoms with Crippen LogP contribution >= 0.6 is 22.6 Å². The number of nitrogens with two attached hydrogens (primary N) is 1. The second kappa shape index (κ2) is 4.35. The summed E-state index contributed by atoms with van der Waals surface area (Å²) in [5, 5.41) is 0. The molecule has 1 atom stereocenters. The molecule has 0 radical (unpaired) electrons. The fourth-order valence-corrected chi connectivity index (χ4v) is 2.61. The molecule has 1 heterocycles. The molecule has 3 N–H and O–H groups in total. The Hall–Kier alpha value is -0.880. The van der Waals surface area contributed by atoms with Crippen molar-refractivity contribution in [2.45, 2.75) is 25.3 Å². The molecule has 0 amide bonds. The van der Waals surface area contributed by atoms with Gasteiger partial charge in [-0.25, -0.2) is 4.98 Å². The number of hydrogen-bond acceptors (Lipinski definition) is 2. The molecule has 4 heteroatoms. The third-order valence-corrected chi connectivity index (χ3v) is 4.39. The number of imidazole rings is 1. The van der Waals surface area contributed by atoms with Crippen LogP contribution in [0.4, 0.5) is 0 Å². The van der Waals surface area contributed by atoms with E-state index < -0.39 is 0 Å². The van der Waals surface area contributed by atoms with Gasteiger partial charge in [-0.2, -0.15) is 0 Å². The third kappa shape index (κ3) is 2.19. The maximum absolute atomic E-state index is 6.36. The van der Waals surface area contributed by atoms with Gasteiger partial charge in [0.15, 0.2) is 0 Å². The molecule has 18 heavy (non-hydrogen) atoms. The zero-order valence-electron chi connectivity index (χ0n) is 10.3. The van der Waals surface area contributed by atoms with Crippen LogP contribution in [0.25, 0.3) is 11.3 Å². The smallest absolute Gasteiger partial charge is 0.126 e. The van der Waals surface area contributed by atoms with Crippen LogP contribution in [0.5, 0.6) is 0 Å². The van der Waals surface area contributed by atoms with Crippen LogP contribution in [0.2, 0.25) is 0 Å². The van der Waals surface area contributed by atoms with Gasteiger partial charge in [0.1, 0.15) is 5.82 Å². The molecule has 0 aliphatic heterocycles. The molecule has 0 saturated heterocycles. The van der Waals surface area contributed by atoms with Gasteiger partial charge >= 0.3 is 0 Å². The topological polar surface area (TPSA) is 54.7 Å². The highest BCUT2D eigenvalue weighted by molar-refractivity contribution is 14.1. The van der Waals surface area contributed by atoms with Gasteiger partial charge in [-0.05, 0) is 66.0 Å². The molecule has 3 rings (SSSR count). The van der Waals surface area contributed by atoms with Crippen LogP contribution < -0.4 is 5.73 Å². The minimum Gasteiger partial charge on any atom is -0.340 e. The van der Waals surface area contributed by atoms with Gasteiger partial charge in [0.25, 0.3) is 0 Å². The van der Waals surface area contributed by atoms with E-state index in [9.17, 15) is 0 Å². The Labute approximate surface area is 120 Å². The van der Waals surface area contributed by atoms with Gasteiger partial charge in [0.2, 0.25) is 0 Å². The molecule has 1 saturated carbocycles. The number of halogens is 1. The lowest BCUT2D eigenvalue weighted by molar-refractivity contribution is 0.404. The van der Waals surface area contributed by atoms with Crippen molar-refractivity contribution in [1.29, 1.82) is 0 Å². The highest BCUT2D eigenvalue weighted by atomic mass is 127. The minimum atomic E-state index is -0.318. The van der Waals surface area contributed by atoms with E-state index in [-0.39, 0.29) is 5.54 Å². The monoisotopic (exact) mass is 353 g/mol. The Morgan fingerprint density at radius 2 is 2.00 bits per heavy atom. The van der Waals surface area contributed by atoms with Gasteiger partial charge in [-0.3, -0.25) is 0 Å². The van der Waals surface area contributed by atoms with Gasteiger partial charge in [0.05, 0.1) is 17.4 Å². The summed E-state index contributed by atoms with van der Waals surface area (Å²) >= 11 is 2.31. The number of hydrogen-bond donors (Lipinski definition) is 2. The van der Waals surface area contributed by atoms with Crippen molar-refractivity contribution < 1.29 is 0 Å². The summed E-state index contributed by atoms with van der Waals surface area (Å²) in [6.07, 6.45) is 4.31. The van der Waals surface area contributed by atoms with Crippen LogP contribution in [0.3, 0.4) is 0 Å². The quantitative estimate of drug-likeness (QED) is 0.833. The van der Waals surface area contributed by atoms with Gasteiger partial charge in [0, 0.05) is 3.57 Å². The molecule has 1 fully saturated rings. The summed E-state index contributed by atoms with van der Waals surface area (Å²) in [4.78, 5) is 7.84. The van der Waals surface area contributed by atoms with Crippen molar-refractivity contribution in [2.24, 2.45) is 11.7 Å². The molecular formula is C14H16IN3. The van der Waals surface area contributed by atoms with E-state index in [1.165, 1.54) is 16.4 Å². The Morgan fingerprint density at radius 3 is 2.61 bits per heavy atom. The van der Waals surface area contributed by atoms with Crippen LogP contribution in [-0.4, -0.2) is 9.97 Å². The first-order valence-corrected chi connectivity index (χ1v) is 7.25. The minimum absolute atomic E-state index is 0.318. The first-order chi connectivity index (χ1) is 8.57. The molecule has 0 bridgehead atoms. The van der Waals surface area contributed by atoms with Gasteiger partial charge in [-0.15, -0.1) is 0 Å². The second-order valence-corrected chi connectivity index (χ2v) is 6.45. The van der Waals surface area contributed by atoms with E-state index in [2.05, 4.69) is 63.7 Å². The maximum atomic E-state index is 6.36. The Balaban J connectivity index is 1.91. The lowest BCUT2D eigenvalue weighted by atomic mass is 9.97. The van der Waals surface area contributed by atoms with Gasteiger partial charge in [-0.1, -0.05) is 12.1 Å². The number of aromatic amines is 1. The fraction of sp³-hybridized carbons (Fsp3) is 0.357. The summed E-state index contributed by atoms with van der Waals surface area (Å²) in [6, 6.07) is 8.39. The molecule has 1 aliphatic rings. The average molecular weight is 353 g/mol. The van der Waals surface area contributed by atoms with Crippen molar-refractivity contribution in [3.05, 3.63) is 39.9 Å².